The van der Waals surface area contributed by atoms with E-state index in [2.05, 4.69) is 20.6 Å². The van der Waals surface area contributed by atoms with Crippen molar-refractivity contribution in [2.24, 2.45) is 0 Å². The Morgan fingerprint density at radius 3 is 2.60 bits per heavy atom. The molecule has 1 saturated carbocycles. The predicted octanol–water partition coefficient (Wildman–Crippen LogP) is 2.07. The number of hydrogen-bond acceptors (Lipinski definition) is 6. The van der Waals surface area contributed by atoms with E-state index in [1.165, 1.54) is 0 Å². The first-order valence-corrected chi connectivity index (χ1v) is 7.06. The number of rotatable bonds is 6. The molecule has 1 heterocycles. The summed E-state index contributed by atoms with van der Waals surface area (Å²) in [6.45, 7) is 5.88. The summed E-state index contributed by atoms with van der Waals surface area (Å²) in [7, 11) is 1.84. The zero-order valence-electron chi connectivity index (χ0n) is 12.5. The molecule has 2 N–H and O–H groups in total. The van der Waals surface area contributed by atoms with Crippen molar-refractivity contribution >= 4 is 17.6 Å². The summed E-state index contributed by atoms with van der Waals surface area (Å²) in [5.41, 5.74) is 0.910. The molecule has 1 fully saturated rings. The summed E-state index contributed by atoms with van der Waals surface area (Å²) < 4.78 is 5.00. The van der Waals surface area contributed by atoms with Gasteiger partial charge in [0, 0.05) is 18.5 Å². The van der Waals surface area contributed by atoms with Gasteiger partial charge < -0.3 is 15.4 Å². The van der Waals surface area contributed by atoms with E-state index < -0.39 is 6.04 Å². The summed E-state index contributed by atoms with van der Waals surface area (Å²) in [6, 6.07) is -0.430. The number of hydrogen-bond donors (Lipinski definition) is 2. The lowest BCUT2D eigenvalue weighted by molar-refractivity contribution is -0.143. The monoisotopic (exact) mass is 278 g/mol. The minimum atomic E-state index is -0.430. The fourth-order valence-corrected chi connectivity index (χ4v) is 1.97. The SMILES string of the molecule is CCOC(=O)C(C)Nc1nc(C2CC2)nc(NC)c1C. The van der Waals surface area contributed by atoms with Crippen molar-refractivity contribution in [1.82, 2.24) is 9.97 Å². The Hall–Kier alpha value is -1.85. The molecule has 2 rings (SSSR count). The third kappa shape index (κ3) is 3.18. The van der Waals surface area contributed by atoms with Gasteiger partial charge >= 0.3 is 5.97 Å². The number of nitrogens with one attached hydrogen (secondary N) is 2. The van der Waals surface area contributed by atoms with Crippen LogP contribution in [0.5, 0.6) is 0 Å². The molecule has 110 valence electrons. The number of esters is 1. The highest BCUT2D eigenvalue weighted by Crippen LogP contribution is 2.39. The molecule has 6 heteroatoms. The number of nitrogens with zero attached hydrogens (tertiary/aromatic N) is 2. The van der Waals surface area contributed by atoms with Crippen molar-refractivity contribution in [2.75, 3.05) is 24.3 Å². The van der Waals surface area contributed by atoms with Crippen LogP contribution < -0.4 is 10.6 Å². The Balaban J connectivity index is 2.21. The van der Waals surface area contributed by atoms with Crippen LogP contribution in [-0.4, -0.2) is 35.6 Å². The third-order valence-electron chi connectivity index (χ3n) is 3.34. The fourth-order valence-electron chi connectivity index (χ4n) is 1.97. The van der Waals surface area contributed by atoms with Crippen LogP contribution in [0.25, 0.3) is 0 Å². The first kappa shape index (κ1) is 14.6. The summed E-state index contributed by atoms with van der Waals surface area (Å²) in [5.74, 6) is 2.54. The molecule has 0 aliphatic heterocycles. The number of carbonyl (C=O) groups excluding carboxylic acids is 1. The summed E-state index contributed by atoms with van der Waals surface area (Å²) in [6.07, 6.45) is 2.28. The molecule has 1 unspecified atom stereocenters. The first-order valence-electron chi connectivity index (χ1n) is 7.06. The van der Waals surface area contributed by atoms with Crippen molar-refractivity contribution in [2.45, 2.75) is 45.6 Å². The van der Waals surface area contributed by atoms with Gasteiger partial charge in [-0.2, -0.15) is 0 Å². The Morgan fingerprint density at radius 2 is 2.05 bits per heavy atom. The zero-order valence-corrected chi connectivity index (χ0v) is 12.5. The Bertz CT molecular complexity index is 500. The van der Waals surface area contributed by atoms with Crippen LogP contribution in [0, 0.1) is 6.92 Å². The number of aromatic nitrogens is 2. The van der Waals surface area contributed by atoms with Gasteiger partial charge in [0.05, 0.1) is 6.61 Å². The van der Waals surface area contributed by atoms with Gasteiger partial charge in [-0.15, -0.1) is 0 Å². The molecule has 0 bridgehead atoms. The largest absolute Gasteiger partial charge is 0.464 e. The van der Waals surface area contributed by atoms with Crippen molar-refractivity contribution < 1.29 is 9.53 Å². The average Bonchev–Trinajstić information content (AvgIpc) is 3.25. The average molecular weight is 278 g/mol. The molecule has 0 amide bonds. The van der Waals surface area contributed by atoms with E-state index >= 15 is 0 Å². The molecular formula is C14H22N4O2. The molecule has 0 spiro atoms. The maximum Gasteiger partial charge on any atom is 0.328 e. The highest BCUT2D eigenvalue weighted by molar-refractivity contribution is 5.79. The molecule has 0 saturated heterocycles. The van der Waals surface area contributed by atoms with Crippen molar-refractivity contribution in [3.63, 3.8) is 0 Å². The second-order valence-corrected chi connectivity index (χ2v) is 5.05. The van der Waals surface area contributed by atoms with Crippen molar-refractivity contribution in [3.05, 3.63) is 11.4 Å². The van der Waals surface area contributed by atoms with E-state index in [1.54, 1.807) is 13.8 Å². The van der Waals surface area contributed by atoms with Crippen LogP contribution in [0.1, 0.15) is 44.0 Å². The Labute approximate surface area is 119 Å². The van der Waals surface area contributed by atoms with Gasteiger partial charge in [-0.3, -0.25) is 0 Å². The number of anilines is 2. The third-order valence-corrected chi connectivity index (χ3v) is 3.34. The van der Waals surface area contributed by atoms with Gasteiger partial charge in [0.25, 0.3) is 0 Å². The van der Waals surface area contributed by atoms with Crippen LogP contribution in [0.3, 0.4) is 0 Å². The Morgan fingerprint density at radius 1 is 1.40 bits per heavy atom. The standard InChI is InChI=1S/C14H22N4O2/c1-5-20-14(19)9(3)16-12-8(2)11(15-4)17-13(18-12)10-6-7-10/h9-10H,5-7H2,1-4H3,(H2,15,16,17,18). The molecule has 1 aromatic heterocycles. The van der Waals surface area contributed by atoms with Gasteiger partial charge in [0.1, 0.15) is 23.5 Å². The lowest BCUT2D eigenvalue weighted by Crippen LogP contribution is -2.29. The van der Waals surface area contributed by atoms with E-state index in [-0.39, 0.29) is 5.97 Å². The normalized spacial score (nSPS) is 15.6. The van der Waals surface area contributed by atoms with E-state index in [1.807, 2.05) is 14.0 Å². The quantitative estimate of drug-likeness (QED) is 0.776. The number of ether oxygens (including phenoxy) is 1. The smallest absolute Gasteiger partial charge is 0.328 e. The maximum absolute atomic E-state index is 11.7. The summed E-state index contributed by atoms with van der Waals surface area (Å²) >= 11 is 0. The molecular weight excluding hydrogens is 256 g/mol. The van der Waals surface area contributed by atoms with Crippen LogP contribution in [-0.2, 0) is 9.53 Å². The maximum atomic E-state index is 11.7. The van der Waals surface area contributed by atoms with Crippen molar-refractivity contribution in [3.8, 4) is 0 Å². The molecule has 1 aliphatic carbocycles. The van der Waals surface area contributed by atoms with Gasteiger partial charge in [-0.25, -0.2) is 14.8 Å². The van der Waals surface area contributed by atoms with Gasteiger partial charge in [0.15, 0.2) is 0 Å². The van der Waals surface area contributed by atoms with Gasteiger partial charge in [0.2, 0.25) is 0 Å². The van der Waals surface area contributed by atoms with E-state index in [0.717, 1.165) is 30.0 Å². The summed E-state index contributed by atoms with van der Waals surface area (Å²) in [5, 5.41) is 6.21. The number of carbonyl (C=O) groups is 1. The molecule has 6 nitrogen and oxygen atoms in total. The van der Waals surface area contributed by atoms with Crippen LogP contribution >= 0.6 is 0 Å². The van der Waals surface area contributed by atoms with Crippen LogP contribution in [0.2, 0.25) is 0 Å². The Kier molecular flexibility index (Phi) is 4.42. The van der Waals surface area contributed by atoms with Gasteiger partial charge in [-0.05, 0) is 33.6 Å². The molecule has 1 aromatic rings. The highest BCUT2D eigenvalue weighted by atomic mass is 16.5. The fraction of sp³-hybridized carbons (Fsp3) is 0.643. The van der Waals surface area contributed by atoms with E-state index in [0.29, 0.717) is 18.3 Å². The minimum absolute atomic E-state index is 0.274. The first-order chi connectivity index (χ1) is 9.56. The highest BCUT2D eigenvalue weighted by Gasteiger charge is 2.28. The van der Waals surface area contributed by atoms with Crippen molar-refractivity contribution in [1.29, 1.82) is 0 Å². The molecule has 0 aromatic carbocycles. The van der Waals surface area contributed by atoms with E-state index in [9.17, 15) is 4.79 Å². The topological polar surface area (TPSA) is 76.1 Å². The molecule has 1 aliphatic rings. The van der Waals surface area contributed by atoms with Gasteiger partial charge in [-0.1, -0.05) is 0 Å². The molecule has 0 radical (unpaired) electrons. The molecule has 20 heavy (non-hydrogen) atoms. The lowest BCUT2D eigenvalue weighted by Gasteiger charge is -2.17. The summed E-state index contributed by atoms with van der Waals surface area (Å²) in [4.78, 5) is 20.8. The lowest BCUT2D eigenvalue weighted by atomic mass is 10.2. The van der Waals surface area contributed by atoms with Crippen LogP contribution in [0.4, 0.5) is 11.6 Å². The second-order valence-electron chi connectivity index (χ2n) is 5.05. The van der Waals surface area contributed by atoms with Crippen LogP contribution in [0.15, 0.2) is 0 Å². The zero-order chi connectivity index (χ0) is 14.7. The predicted molar refractivity (Wildman–Crippen MR) is 78.0 cm³/mol. The second kappa shape index (κ2) is 6.07. The minimum Gasteiger partial charge on any atom is -0.464 e. The van der Waals surface area contributed by atoms with E-state index in [4.69, 9.17) is 4.74 Å². The molecule has 1 atom stereocenters.